The van der Waals surface area contributed by atoms with Crippen molar-refractivity contribution in [2.75, 3.05) is 11.9 Å². The number of likely N-dealkylation sites (tertiary alicyclic amines) is 1. The maximum absolute atomic E-state index is 12.4. The summed E-state index contributed by atoms with van der Waals surface area (Å²) in [4.78, 5) is 45.3. The summed E-state index contributed by atoms with van der Waals surface area (Å²) in [5, 5.41) is 17.0. The molecule has 2 aromatic heterocycles. The Hall–Kier alpha value is -3.86. The number of aryl methyl sites for hydroxylation is 1. The summed E-state index contributed by atoms with van der Waals surface area (Å²) in [6, 6.07) is 6.49. The van der Waals surface area contributed by atoms with Crippen LogP contribution < -0.4 is 5.32 Å². The van der Waals surface area contributed by atoms with Crippen LogP contribution in [0.15, 0.2) is 36.8 Å². The molecular formula is C23H25F6N5O6. The third-order valence-electron chi connectivity index (χ3n) is 5.57. The molecule has 1 amide bonds. The number of aromatic nitrogens is 3. The van der Waals surface area contributed by atoms with Crippen LogP contribution in [-0.4, -0.2) is 85.1 Å². The van der Waals surface area contributed by atoms with Gasteiger partial charge in [0.25, 0.3) is 5.91 Å². The fraction of sp³-hybridized carbons (Fsp3) is 0.478. The molecule has 0 spiro atoms. The van der Waals surface area contributed by atoms with E-state index in [0.717, 1.165) is 37.3 Å². The molecule has 2 aliphatic rings. The molecule has 2 fully saturated rings. The van der Waals surface area contributed by atoms with Crippen LogP contribution in [0.5, 0.6) is 0 Å². The van der Waals surface area contributed by atoms with Crippen LogP contribution in [0, 0.1) is 6.92 Å². The van der Waals surface area contributed by atoms with Crippen molar-refractivity contribution in [3.63, 3.8) is 0 Å². The van der Waals surface area contributed by atoms with E-state index in [1.54, 1.807) is 12.4 Å². The van der Waals surface area contributed by atoms with Gasteiger partial charge in [-0.15, -0.1) is 0 Å². The van der Waals surface area contributed by atoms with Gasteiger partial charge in [-0.3, -0.25) is 19.7 Å². The predicted octanol–water partition coefficient (Wildman–Crippen LogP) is 3.21. The van der Waals surface area contributed by atoms with Crippen molar-refractivity contribution in [2.24, 2.45) is 0 Å². The van der Waals surface area contributed by atoms with E-state index in [-0.39, 0.29) is 12.0 Å². The maximum Gasteiger partial charge on any atom is 0.490 e. The Kier molecular flexibility index (Phi) is 11.3. The normalized spacial score (nSPS) is 20.6. The molecule has 0 aromatic carbocycles. The van der Waals surface area contributed by atoms with Gasteiger partial charge in [0.1, 0.15) is 6.10 Å². The minimum atomic E-state index is -5.08. The first-order chi connectivity index (χ1) is 18.6. The Morgan fingerprint density at radius 1 is 1.02 bits per heavy atom. The summed E-state index contributed by atoms with van der Waals surface area (Å²) in [7, 11) is 0. The van der Waals surface area contributed by atoms with Gasteiger partial charge in [-0.2, -0.15) is 26.3 Å². The molecule has 2 aromatic rings. The highest BCUT2D eigenvalue weighted by molar-refractivity contribution is 5.93. The second kappa shape index (κ2) is 14.0. The largest absolute Gasteiger partial charge is 0.490 e. The highest BCUT2D eigenvalue weighted by Gasteiger charge is 2.42. The fourth-order valence-electron chi connectivity index (χ4n) is 3.87. The van der Waals surface area contributed by atoms with E-state index in [9.17, 15) is 31.1 Å². The molecule has 3 atom stereocenters. The quantitative estimate of drug-likeness (QED) is 0.459. The highest BCUT2D eigenvalue weighted by Crippen LogP contribution is 2.32. The van der Waals surface area contributed by atoms with Gasteiger partial charge in [0.05, 0.1) is 18.0 Å². The van der Waals surface area contributed by atoms with E-state index >= 15 is 0 Å². The molecule has 2 aliphatic heterocycles. The number of anilines is 1. The monoisotopic (exact) mass is 581 g/mol. The number of carbonyl (C=O) groups is 3. The average molecular weight is 581 g/mol. The van der Waals surface area contributed by atoms with Gasteiger partial charge in [0.2, 0.25) is 0 Å². The summed E-state index contributed by atoms with van der Waals surface area (Å²) in [6.07, 6.45) is -3.20. The number of halogens is 6. The number of pyridine rings is 1. The molecule has 0 unspecified atom stereocenters. The lowest BCUT2D eigenvalue weighted by Gasteiger charge is -2.35. The third kappa shape index (κ3) is 10.4. The molecule has 11 nitrogen and oxygen atoms in total. The first-order valence-electron chi connectivity index (χ1n) is 11.6. The van der Waals surface area contributed by atoms with E-state index in [1.165, 1.54) is 6.20 Å². The van der Waals surface area contributed by atoms with Gasteiger partial charge >= 0.3 is 24.3 Å². The van der Waals surface area contributed by atoms with Gasteiger partial charge < -0.3 is 20.3 Å². The van der Waals surface area contributed by atoms with Crippen molar-refractivity contribution in [3.8, 4) is 0 Å². The Labute approximate surface area is 223 Å². The lowest BCUT2D eigenvalue weighted by atomic mass is 9.98. The maximum atomic E-state index is 12.4. The van der Waals surface area contributed by atoms with E-state index in [0.29, 0.717) is 18.3 Å². The zero-order valence-corrected chi connectivity index (χ0v) is 20.8. The van der Waals surface area contributed by atoms with Crippen LogP contribution in [-0.2, 0) is 25.7 Å². The third-order valence-corrected chi connectivity index (χ3v) is 5.57. The second-order valence-electron chi connectivity index (χ2n) is 8.52. The number of nitrogens with zero attached hydrogens (tertiary/aromatic N) is 4. The number of aliphatic carboxylic acids is 2. The van der Waals surface area contributed by atoms with Gasteiger partial charge in [-0.05, 0) is 38.3 Å². The Morgan fingerprint density at radius 2 is 1.65 bits per heavy atom. The summed E-state index contributed by atoms with van der Waals surface area (Å²) in [5.41, 5.74) is 2.13. The Balaban J connectivity index is 0.000000333. The van der Waals surface area contributed by atoms with Crippen molar-refractivity contribution in [1.82, 2.24) is 19.9 Å². The van der Waals surface area contributed by atoms with E-state index in [2.05, 4.69) is 37.3 Å². The van der Waals surface area contributed by atoms with Crippen molar-refractivity contribution in [3.05, 3.63) is 48.2 Å². The summed E-state index contributed by atoms with van der Waals surface area (Å²) < 4.78 is 69.6. The Morgan fingerprint density at radius 3 is 2.17 bits per heavy atom. The molecule has 4 rings (SSSR count). The minimum Gasteiger partial charge on any atom is -0.475 e. The molecular weight excluding hydrogens is 556 g/mol. The molecule has 0 radical (unpaired) electrons. The number of nitrogens with one attached hydrogen (secondary N) is 1. The smallest absolute Gasteiger partial charge is 0.475 e. The number of amides is 1. The second-order valence-corrected chi connectivity index (χ2v) is 8.52. The summed E-state index contributed by atoms with van der Waals surface area (Å²) in [6.45, 7) is 3.83. The number of carboxylic acid groups (broad SMARTS) is 2. The van der Waals surface area contributed by atoms with Crippen LogP contribution in [0.25, 0.3) is 0 Å². The van der Waals surface area contributed by atoms with Crippen molar-refractivity contribution >= 4 is 23.7 Å². The van der Waals surface area contributed by atoms with Gasteiger partial charge in [-0.25, -0.2) is 14.6 Å². The molecule has 0 bridgehead atoms. The van der Waals surface area contributed by atoms with Gasteiger partial charge in [-0.1, -0.05) is 6.07 Å². The lowest BCUT2D eigenvalue weighted by molar-refractivity contribution is -0.193. The zero-order chi connectivity index (χ0) is 30.1. The first-order valence-corrected chi connectivity index (χ1v) is 11.6. The van der Waals surface area contributed by atoms with Crippen LogP contribution in [0.3, 0.4) is 0 Å². The molecule has 0 aliphatic carbocycles. The minimum absolute atomic E-state index is 0.103. The molecule has 220 valence electrons. The standard InChI is InChI=1S/C19H23N5O2.2C2HF3O2/c1-13-3-2-4-14(22-13)12-24-10-7-16-15(24)5-6-17(26-16)19(25)23-18-11-20-8-9-21-18;2*3-2(4,5)1(6)7/h2-4,8-9,11,15-17H,5-7,10,12H2,1H3,(H,21,23,25);2*(H,6,7)/t15-,16-,17+;;/m1../s1. The highest BCUT2D eigenvalue weighted by atomic mass is 19.4. The summed E-state index contributed by atoms with van der Waals surface area (Å²) >= 11 is 0. The fourth-order valence-corrected chi connectivity index (χ4v) is 3.87. The topological polar surface area (TPSA) is 155 Å². The number of carbonyl (C=O) groups excluding carboxylic acids is 1. The molecule has 4 heterocycles. The number of carboxylic acids is 2. The van der Waals surface area contributed by atoms with Crippen LogP contribution in [0.2, 0.25) is 0 Å². The molecule has 2 saturated heterocycles. The van der Waals surface area contributed by atoms with E-state index < -0.39 is 30.4 Å². The number of alkyl halides is 6. The molecule has 40 heavy (non-hydrogen) atoms. The van der Waals surface area contributed by atoms with E-state index in [4.69, 9.17) is 24.5 Å². The summed E-state index contributed by atoms with van der Waals surface area (Å²) in [5.74, 6) is -5.19. The molecule has 17 heteroatoms. The first kappa shape index (κ1) is 32.4. The van der Waals surface area contributed by atoms with Crippen LogP contribution in [0.1, 0.15) is 30.7 Å². The van der Waals surface area contributed by atoms with Crippen LogP contribution >= 0.6 is 0 Å². The SMILES string of the molecule is Cc1cccc(CN2CC[C@H]3O[C@H](C(=O)Nc4cnccn4)CC[C@H]32)n1.O=C(O)C(F)(F)F.O=C(O)C(F)(F)F. The Bertz CT molecular complexity index is 1130. The number of ether oxygens (including phenoxy) is 1. The zero-order valence-electron chi connectivity index (χ0n) is 20.8. The average Bonchev–Trinajstić information content (AvgIpc) is 3.26. The van der Waals surface area contributed by atoms with E-state index in [1.807, 2.05) is 13.0 Å². The van der Waals surface area contributed by atoms with Crippen molar-refractivity contribution in [2.45, 2.75) is 63.3 Å². The lowest BCUT2D eigenvalue weighted by Crippen LogP contribution is -2.46. The van der Waals surface area contributed by atoms with Gasteiger partial charge in [0.15, 0.2) is 5.82 Å². The van der Waals surface area contributed by atoms with Crippen molar-refractivity contribution < 1.29 is 55.7 Å². The van der Waals surface area contributed by atoms with Gasteiger partial charge in [0, 0.05) is 37.2 Å². The number of rotatable bonds is 4. The number of hydrogen-bond acceptors (Lipinski definition) is 8. The predicted molar refractivity (Wildman–Crippen MR) is 124 cm³/mol. The number of fused-ring (bicyclic) bond motifs is 1. The van der Waals surface area contributed by atoms with Crippen molar-refractivity contribution in [1.29, 1.82) is 0 Å². The molecule has 3 N–H and O–H groups in total. The van der Waals surface area contributed by atoms with Crippen LogP contribution in [0.4, 0.5) is 32.2 Å². The molecule has 0 saturated carbocycles. The number of hydrogen-bond donors (Lipinski definition) is 3.